The molecular weight excluding hydrogens is 957 g/mol. The Balaban J connectivity index is 0.000000145. The topological polar surface area (TPSA) is 85.3 Å². The van der Waals surface area contributed by atoms with Crippen LogP contribution >= 0.6 is 0 Å². The number of hydrogen-bond donors (Lipinski definition) is 0. The SMILES string of the molecule is C.C.C.C=C[C@H]1CCC2C3CCC4=C(CCC(=O)C4)C3CC[C@@]21C.C=C[C@H]1CCC2C3CCC4=CC(=O)CCC4=C3CC[C@@]21C.O=C1C=C2CCCC=C2CC1.O=C1C=C2CCCC=C2CC1.O=C1CCC2=C(CCCC2)C1. The summed E-state index contributed by atoms with van der Waals surface area (Å²) in [5.41, 5.74) is 17.6. The molecule has 5 unspecified atom stereocenters. The molecule has 0 radical (unpaired) electrons. The number of hydrogen-bond acceptors (Lipinski definition) is 5. The van der Waals surface area contributed by atoms with Crippen LogP contribution in [0, 0.1) is 52.3 Å². The minimum absolute atomic E-state index is 0. The molecule has 426 valence electrons. The zero-order chi connectivity index (χ0) is 52.3. The van der Waals surface area contributed by atoms with E-state index in [2.05, 4.69) is 51.3 Å². The minimum atomic E-state index is 0. The summed E-state index contributed by atoms with van der Waals surface area (Å²) in [6, 6.07) is 0. The van der Waals surface area contributed by atoms with E-state index < -0.39 is 0 Å². The molecule has 0 aliphatic heterocycles. The van der Waals surface area contributed by atoms with Gasteiger partial charge in [0.2, 0.25) is 0 Å². The first-order chi connectivity index (χ1) is 36.3. The molecule has 4 saturated carbocycles. The molecule has 14 aliphatic carbocycles. The molecular formula is C73H104O5. The molecule has 0 aromatic heterocycles. The molecule has 5 nitrogen and oxygen atoms in total. The summed E-state index contributed by atoms with van der Waals surface area (Å²) in [6.07, 6.45) is 53.4. The zero-order valence-electron chi connectivity index (χ0n) is 46.6. The Morgan fingerprint density at radius 2 is 0.974 bits per heavy atom. The Morgan fingerprint density at radius 1 is 0.423 bits per heavy atom. The Morgan fingerprint density at radius 3 is 1.60 bits per heavy atom. The highest BCUT2D eigenvalue weighted by Gasteiger charge is 2.55. The van der Waals surface area contributed by atoms with Crippen LogP contribution < -0.4 is 0 Å². The quantitative estimate of drug-likeness (QED) is 0.257. The van der Waals surface area contributed by atoms with Gasteiger partial charge >= 0.3 is 0 Å². The summed E-state index contributed by atoms with van der Waals surface area (Å²) in [7, 11) is 0. The molecule has 14 aliphatic rings. The molecule has 4 fully saturated rings. The van der Waals surface area contributed by atoms with Crippen LogP contribution in [-0.4, -0.2) is 28.9 Å². The first-order valence-corrected chi connectivity index (χ1v) is 30.9. The van der Waals surface area contributed by atoms with Crippen molar-refractivity contribution in [2.24, 2.45) is 52.3 Å². The third kappa shape index (κ3) is 13.1. The maximum Gasteiger partial charge on any atom is 0.156 e. The van der Waals surface area contributed by atoms with E-state index in [9.17, 15) is 24.0 Å². The van der Waals surface area contributed by atoms with Gasteiger partial charge in [0.05, 0.1) is 0 Å². The molecule has 0 aromatic carbocycles. The fourth-order valence-electron chi connectivity index (χ4n) is 18.2. The van der Waals surface area contributed by atoms with Crippen molar-refractivity contribution < 1.29 is 24.0 Å². The smallest absolute Gasteiger partial charge is 0.156 e. The van der Waals surface area contributed by atoms with Crippen LogP contribution in [0.4, 0.5) is 0 Å². The number of rotatable bonds is 2. The van der Waals surface area contributed by atoms with Gasteiger partial charge in [-0.1, -0.05) is 88.3 Å². The molecule has 0 N–H and O–H groups in total. The molecule has 78 heavy (non-hydrogen) atoms. The van der Waals surface area contributed by atoms with Crippen LogP contribution in [-0.2, 0) is 24.0 Å². The van der Waals surface area contributed by atoms with Crippen molar-refractivity contribution >= 4 is 28.9 Å². The zero-order valence-corrected chi connectivity index (χ0v) is 46.6. The first-order valence-electron chi connectivity index (χ1n) is 30.9. The van der Waals surface area contributed by atoms with Crippen molar-refractivity contribution in [3.63, 3.8) is 0 Å². The molecule has 0 amide bonds. The lowest BCUT2D eigenvalue weighted by Gasteiger charge is -2.52. The van der Waals surface area contributed by atoms with Gasteiger partial charge < -0.3 is 0 Å². The summed E-state index contributed by atoms with van der Waals surface area (Å²) in [6.45, 7) is 13.3. The number of carbonyl (C=O) groups excluding carboxylic acids is 5. The second kappa shape index (κ2) is 27.0. The maximum atomic E-state index is 11.7. The van der Waals surface area contributed by atoms with Crippen LogP contribution in [0.15, 0.2) is 117 Å². The van der Waals surface area contributed by atoms with E-state index >= 15 is 0 Å². The van der Waals surface area contributed by atoms with Gasteiger partial charge in [-0.2, -0.15) is 0 Å². The van der Waals surface area contributed by atoms with Gasteiger partial charge in [-0.3, -0.25) is 24.0 Å². The van der Waals surface area contributed by atoms with Crippen LogP contribution in [0.3, 0.4) is 0 Å². The van der Waals surface area contributed by atoms with Gasteiger partial charge in [-0.05, 0) is 277 Å². The minimum Gasteiger partial charge on any atom is -0.299 e. The molecule has 0 aromatic rings. The largest absolute Gasteiger partial charge is 0.299 e. The predicted octanol–water partition coefficient (Wildman–Crippen LogP) is 19.4. The highest BCUT2D eigenvalue weighted by molar-refractivity contribution is 5.94. The number of fused-ring (bicyclic) bond motifs is 10. The van der Waals surface area contributed by atoms with E-state index in [0.717, 1.165) is 138 Å². The molecule has 0 bridgehead atoms. The van der Waals surface area contributed by atoms with Crippen molar-refractivity contribution in [1.29, 1.82) is 0 Å². The third-order valence-corrected chi connectivity index (χ3v) is 22.3. The number of ketones is 5. The normalized spacial score (nSPS) is 33.9. The monoisotopic (exact) mass is 1060 g/mol. The van der Waals surface area contributed by atoms with E-state index in [1.165, 1.54) is 155 Å². The molecule has 0 spiro atoms. The van der Waals surface area contributed by atoms with E-state index in [-0.39, 0.29) is 22.3 Å². The molecule has 0 saturated heterocycles. The Bertz CT molecular complexity index is 2520. The van der Waals surface area contributed by atoms with E-state index in [0.29, 0.717) is 39.7 Å². The second-order valence-electron chi connectivity index (χ2n) is 26.2. The number of allylic oxidation sites excluding steroid dienone is 18. The average molecular weight is 1060 g/mol. The van der Waals surface area contributed by atoms with Crippen LogP contribution in [0.1, 0.15) is 254 Å². The van der Waals surface area contributed by atoms with Gasteiger partial charge in [0.15, 0.2) is 17.3 Å². The van der Waals surface area contributed by atoms with E-state index in [4.69, 9.17) is 0 Å². The summed E-state index contributed by atoms with van der Waals surface area (Å²) >= 11 is 0. The van der Waals surface area contributed by atoms with Gasteiger partial charge in [0.25, 0.3) is 0 Å². The number of Topliss-reactive ketones (excluding diaryl/α,β-unsaturated/α-hetero) is 2. The van der Waals surface area contributed by atoms with Crippen LogP contribution in [0.5, 0.6) is 0 Å². The first kappa shape index (κ1) is 61.4. The van der Waals surface area contributed by atoms with Crippen LogP contribution in [0.25, 0.3) is 0 Å². The maximum absolute atomic E-state index is 11.7. The Kier molecular flexibility index (Phi) is 21.3. The highest BCUT2D eigenvalue weighted by Crippen LogP contribution is 2.64. The average Bonchev–Trinajstić information content (AvgIpc) is 4.09. The van der Waals surface area contributed by atoms with Gasteiger partial charge in [0.1, 0.15) is 11.6 Å². The molecule has 9 atom stereocenters. The lowest BCUT2D eigenvalue weighted by atomic mass is 9.53. The fraction of sp³-hybridized carbons (Fsp3) is 0.658. The highest BCUT2D eigenvalue weighted by atomic mass is 16.1. The van der Waals surface area contributed by atoms with Gasteiger partial charge in [-0.15, -0.1) is 13.2 Å². The summed E-state index contributed by atoms with van der Waals surface area (Å²) in [5.74, 6) is 7.69. The van der Waals surface area contributed by atoms with Crippen molar-refractivity contribution in [3.05, 3.63) is 117 Å². The third-order valence-electron chi connectivity index (χ3n) is 22.3. The van der Waals surface area contributed by atoms with Gasteiger partial charge in [0, 0.05) is 44.9 Å². The lowest BCUT2D eigenvalue weighted by Crippen LogP contribution is -2.43. The Labute approximate surface area is 474 Å². The van der Waals surface area contributed by atoms with Gasteiger partial charge in [-0.25, -0.2) is 0 Å². The van der Waals surface area contributed by atoms with Crippen molar-refractivity contribution in [2.45, 2.75) is 254 Å². The van der Waals surface area contributed by atoms with Crippen molar-refractivity contribution in [2.75, 3.05) is 0 Å². The summed E-state index contributed by atoms with van der Waals surface area (Å²) in [4.78, 5) is 56.5. The van der Waals surface area contributed by atoms with E-state index in [1.54, 1.807) is 27.9 Å². The second-order valence-corrected chi connectivity index (χ2v) is 26.2. The Hall–Kier alpha value is -4.25. The standard InChI is InChI=1S/C20H28O.C20H26O.C10H14O.2C10H12O.3CH4/c2*1-3-14-5-9-19-18-7-4-13-12-15(21)6-8-16(13)17(18)10-11-20(14,19)2;3*11-10-6-5-8-3-1-2-4-9(8)7-10;;;/h3,14,17-19H,1,4-12H2,2H3;3,12,14,18-19H,1,4-11H2,2H3;1-7H2;2*3,7H,1-2,4-6H2;3*1H4/t14-,17?,18?,19?,20+;14-,18?,19?,20+;;;;;;/m00....../s1. The molecule has 0 heterocycles. The predicted molar refractivity (Wildman–Crippen MR) is 325 cm³/mol. The summed E-state index contributed by atoms with van der Waals surface area (Å²) in [5, 5.41) is 0. The van der Waals surface area contributed by atoms with Crippen LogP contribution in [0.2, 0.25) is 0 Å². The molecule has 14 rings (SSSR count). The van der Waals surface area contributed by atoms with Crippen molar-refractivity contribution in [3.8, 4) is 0 Å². The van der Waals surface area contributed by atoms with E-state index in [1.807, 2.05) is 18.2 Å². The lowest BCUT2D eigenvalue weighted by molar-refractivity contribution is -0.119. The number of carbonyl (C=O) groups is 5. The summed E-state index contributed by atoms with van der Waals surface area (Å²) < 4.78 is 0. The molecule has 5 heteroatoms. The van der Waals surface area contributed by atoms with Crippen molar-refractivity contribution in [1.82, 2.24) is 0 Å². The fourth-order valence-corrected chi connectivity index (χ4v) is 18.2.